The van der Waals surface area contributed by atoms with Crippen molar-refractivity contribution < 1.29 is 14.3 Å². The number of nitrogens with zero attached hydrogens (tertiary/aromatic N) is 2. The van der Waals surface area contributed by atoms with Gasteiger partial charge in [0.05, 0.1) is 6.54 Å². The molecule has 1 aromatic carbocycles. The standard InChI is InChI=1S/C22H28N4O4/c27-20-12-11-19(25-26(20)15-16-30-18-9-5-2-6-10-18)22(29)24-14-13-23-21(28)17-7-3-1-4-8-17/h2,5-6,9-12,17H,1,3-4,7-8,13-16H2,(H,23,28)(H,24,29). The number of aromatic nitrogens is 2. The summed E-state index contributed by atoms with van der Waals surface area (Å²) in [6.07, 6.45) is 5.29. The number of benzene rings is 1. The minimum absolute atomic E-state index is 0.0639. The fraction of sp³-hybridized carbons (Fsp3) is 0.455. The molecule has 1 aliphatic carbocycles. The van der Waals surface area contributed by atoms with Crippen LogP contribution in [0.1, 0.15) is 42.6 Å². The molecular weight excluding hydrogens is 384 g/mol. The maximum absolute atomic E-state index is 12.3. The van der Waals surface area contributed by atoms with E-state index < -0.39 is 0 Å². The first kappa shape index (κ1) is 21.5. The van der Waals surface area contributed by atoms with Crippen molar-refractivity contribution in [3.63, 3.8) is 0 Å². The number of ether oxygens (including phenoxy) is 1. The van der Waals surface area contributed by atoms with Gasteiger partial charge in [-0.15, -0.1) is 0 Å². The van der Waals surface area contributed by atoms with E-state index in [0.717, 1.165) is 25.7 Å². The lowest BCUT2D eigenvalue weighted by Crippen LogP contribution is -2.38. The normalized spacial score (nSPS) is 14.1. The third kappa shape index (κ3) is 6.43. The Bertz CT molecular complexity index is 892. The highest BCUT2D eigenvalue weighted by atomic mass is 16.5. The van der Waals surface area contributed by atoms with Gasteiger partial charge in [-0.05, 0) is 31.0 Å². The number of para-hydroxylation sites is 1. The topological polar surface area (TPSA) is 102 Å². The summed E-state index contributed by atoms with van der Waals surface area (Å²) in [7, 11) is 0. The van der Waals surface area contributed by atoms with E-state index in [-0.39, 0.29) is 42.1 Å². The van der Waals surface area contributed by atoms with Gasteiger partial charge in [0.2, 0.25) is 5.91 Å². The molecule has 0 atom stereocenters. The Morgan fingerprint density at radius 3 is 2.50 bits per heavy atom. The number of carbonyl (C=O) groups excluding carboxylic acids is 2. The van der Waals surface area contributed by atoms with Gasteiger partial charge in [0.25, 0.3) is 11.5 Å². The van der Waals surface area contributed by atoms with E-state index in [1.807, 2.05) is 30.3 Å². The number of carbonyl (C=O) groups is 2. The molecule has 1 heterocycles. The molecule has 0 saturated heterocycles. The highest BCUT2D eigenvalue weighted by Crippen LogP contribution is 2.23. The molecule has 2 aromatic rings. The largest absolute Gasteiger partial charge is 0.492 e. The SMILES string of the molecule is O=C(NCCNC(=O)C1CCCCC1)c1ccc(=O)n(CCOc2ccccc2)n1. The number of amides is 2. The van der Waals surface area contributed by atoms with Gasteiger partial charge < -0.3 is 15.4 Å². The number of rotatable bonds is 9. The third-order valence-electron chi connectivity index (χ3n) is 5.10. The first-order valence-corrected chi connectivity index (χ1v) is 10.5. The van der Waals surface area contributed by atoms with Crippen LogP contribution in [0.2, 0.25) is 0 Å². The summed E-state index contributed by atoms with van der Waals surface area (Å²) >= 11 is 0. The van der Waals surface area contributed by atoms with Crippen LogP contribution in [0, 0.1) is 5.92 Å². The molecule has 1 saturated carbocycles. The predicted molar refractivity (Wildman–Crippen MR) is 112 cm³/mol. The summed E-state index contributed by atoms with van der Waals surface area (Å²) in [6.45, 7) is 1.16. The Kier molecular flexibility index (Phi) is 8.00. The quantitative estimate of drug-likeness (QED) is 0.611. The van der Waals surface area contributed by atoms with Crippen LogP contribution in [0.3, 0.4) is 0 Å². The molecule has 0 aliphatic heterocycles. The predicted octanol–water partition coefficient (Wildman–Crippen LogP) is 1.75. The van der Waals surface area contributed by atoms with Crippen molar-refractivity contribution in [3.8, 4) is 5.75 Å². The smallest absolute Gasteiger partial charge is 0.271 e. The van der Waals surface area contributed by atoms with Gasteiger partial charge in [-0.25, -0.2) is 4.68 Å². The van der Waals surface area contributed by atoms with Gasteiger partial charge >= 0.3 is 0 Å². The summed E-state index contributed by atoms with van der Waals surface area (Å²) in [5.74, 6) is 0.473. The monoisotopic (exact) mass is 412 g/mol. The Labute approximate surface area is 175 Å². The molecule has 2 amide bonds. The van der Waals surface area contributed by atoms with Crippen LogP contribution in [-0.2, 0) is 11.3 Å². The second kappa shape index (κ2) is 11.1. The fourth-order valence-corrected chi connectivity index (χ4v) is 3.46. The van der Waals surface area contributed by atoms with Crippen LogP contribution in [0.5, 0.6) is 5.75 Å². The van der Waals surface area contributed by atoms with Gasteiger partial charge in [-0.1, -0.05) is 37.5 Å². The van der Waals surface area contributed by atoms with Crippen LogP contribution >= 0.6 is 0 Å². The van der Waals surface area contributed by atoms with Crippen LogP contribution in [0.4, 0.5) is 0 Å². The molecule has 160 valence electrons. The minimum atomic E-state index is -0.389. The van der Waals surface area contributed by atoms with Crippen molar-refractivity contribution in [1.82, 2.24) is 20.4 Å². The number of hydrogen-bond donors (Lipinski definition) is 2. The number of hydrogen-bond acceptors (Lipinski definition) is 5. The molecule has 1 aliphatic rings. The third-order valence-corrected chi connectivity index (χ3v) is 5.10. The van der Waals surface area contributed by atoms with E-state index >= 15 is 0 Å². The van der Waals surface area contributed by atoms with Gasteiger partial charge in [-0.3, -0.25) is 14.4 Å². The fourth-order valence-electron chi connectivity index (χ4n) is 3.46. The molecule has 3 rings (SSSR count). The van der Waals surface area contributed by atoms with Crippen molar-refractivity contribution >= 4 is 11.8 Å². The van der Waals surface area contributed by atoms with Gasteiger partial charge in [-0.2, -0.15) is 5.10 Å². The van der Waals surface area contributed by atoms with Crippen molar-refractivity contribution in [3.05, 3.63) is 58.5 Å². The van der Waals surface area contributed by atoms with Crippen molar-refractivity contribution in [1.29, 1.82) is 0 Å². The average molecular weight is 412 g/mol. The first-order valence-electron chi connectivity index (χ1n) is 10.5. The van der Waals surface area contributed by atoms with Crippen LogP contribution in [0.25, 0.3) is 0 Å². The average Bonchev–Trinajstić information content (AvgIpc) is 2.79. The van der Waals surface area contributed by atoms with Gasteiger partial charge in [0.15, 0.2) is 0 Å². The van der Waals surface area contributed by atoms with E-state index in [9.17, 15) is 14.4 Å². The Morgan fingerprint density at radius 1 is 1.00 bits per heavy atom. The molecule has 0 radical (unpaired) electrons. The van der Waals surface area contributed by atoms with Gasteiger partial charge in [0.1, 0.15) is 18.1 Å². The number of nitrogens with one attached hydrogen (secondary N) is 2. The van der Waals surface area contributed by atoms with E-state index in [1.54, 1.807) is 0 Å². The zero-order chi connectivity index (χ0) is 21.2. The van der Waals surface area contributed by atoms with E-state index in [0.29, 0.717) is 18.8 Å². The Balaban J connectivity index is 1.43. The zero-order valence-corrected chi connectivity index (χ0v) is 17.0. The molecule has 1 fully saturated rings. The molecule has 30 heavy (non-hydrogen) atoms. The highest BCUT2D eigenvalue weighted by Gasteiger charge is 2.20. The Hall–Kier alpha value is -3.16. The van der Waals surface area contributed by atoms with Crippen molar-refractivity contribution in [2.45, 2.75) is 38.6 Å². The Morgan fingerprint density at radius 2 is 1.73 bits per heavy atom. The highest BCUT2D eigenvalue weighted by molar-refractivity contribution is 5.92. The molecule has 8 nitrogen and oxygen atoms in total. The van der Waals surface area contributed by atoms with E-state index in [4.69, 9.17) is 4.74 Å². The minimum Gasteiger partial charge on any atom is -0.492 e. The summed E-state index contributed by atoms with van der Waals surface area (Å²) in [5.41, 5.74) is -0.157. The molecule has 2 N–H and O–H groups in total. The molecule has 0 bridgehead atoms. The van der Waals surface area contributed by atoms with Crippen molar-refractivity contribution in [2.75, 3.05) is 19.7 Å². The lowest BCUT2D eigenvalue weighted by molar-refractivity contribution is -0.125. The molecule has 8 heteroatoms. The van der Waals surface area contributed by atoms with E-state index in [2.05, 4.69) is 15.7 Å². The second-order valence-corrected chi connectivity index (χ2v) is 7.32. The van der Waals surface area contributed by atoms with E-state index in [1.165, 1.54) is 23.2 Å². The molecular formula is C22H28N4O4. The van der Waals surface area contributed by atoms with Crippen LogP contribution < -0.4 is 20.9 Å². The van der Waals surface area contributed by atoms with Crippen molar-refractivity contribution in [2.24, 2.45) is 5.92 Å². The summed E-state index contributed by atoms with van der Waals surface area (Å²) in [6, 6.07) is 12.0. The molecule has 0 unspecified atom stereocenters. The van der Waals surface area contributed by atoms with Gasteiger partial charge in [0, 0.05) is 25.1 Å². The lowest BCUT2D eigenvalue weighted by Gasteiger charge is -2.20. The zero-order valence-electron chi connectivity index (χ0n) is 17.0. The maximum atomic E-state index is 12.3. The van der Waals surface area contributed by atoms with Crippen LogP contribution in [0.15, 0.2) is 47.3 Å². The summed E-state index contributed by atoms with van der Waals surface area (Å²) in [5, 5.41) is 9.72. The molecule has 0 spiro atoms. The second-order valence-electron chi connectivity index (χ2n) is 7.32. The molecule has 1 aromatic heterocycles. The summed E-state index contributed by atoms with van der Waals surface area (Å²) < 4.78 is 6.79. The lowest BCUT2D eigenvalue weighted by atomic mass is 9.89. The first-order chi connectivity index (χ1) is 14.6. The van der Waals surface area contributed by atoms with Crippen LogP contribution in [-0.4, -0.2) is 41.3 Å². The summed E-state index contributed by atoms with van der Waals surface area (Å²) in [4.78, 5) is 36.4. The maximum Gasteiger partial charge on any atom is 0.271 e.